The second-order valence-corrected chi connectivity index (χ2v) is 10.2. The molecule has 0 spiro atoms. The Morgan fingerprint density at radius 2 is 2.00 bits per heavy atom. The molecule has 3 rings (SSSR count). The van der Waals surface area contributed by atoms with Crippen LogP contribution in [0.2, 0.25) is 0 Å². The van der Waals surface area contributed by atoms with Crippen molar-refractivity contribution in [2.24, 2.45) is 0 Å². The molecule has 0 aromatic carbocycles. The van der Waals surface area contributed by atoms with E-state index in [1.165, 1.54) is 12.5 Å². The van der Waals surface area contributed by atoms with Gasteiger partial charge in [0, 0.05) is 19.0 Å². The number of hydrogen-bond acceptors (Lipinski definition) is 8. The minimum atomic E-state index is -3.13. The number of hydrogen-bond donors (Lipinski definition) is 1. The molecule has 1 N–H and O–H groups in total. The first-order valence-electron chi connectivity index (χ1n) is 9.21. The molecule has 10 heteroatoms. The van der Waals surface area contributed by atoms with Crippen molar-refractivity contribution in [1.29, 1.82) is 0 Å². The van der Waals surface area contributed by atoms with Crippen LogP contribution in [0, 0.1) is 0 Å². The second-order valence-electron chi connectivity index (χ2n) is 8.05. The van der Waals surface area contributed by atoms with Crippen LogP contribution < -0.4 is 5.32 Å². The van der Waals surface area contributed by atoms with Crippen LogP contribution in [0.25, 0.3) is 0 Å². The van der Waals surface area contributed by atoms with Gasteiger partial charge in [0.15, 0.2) is 9.84 Å². The van der Waals surface area contributed by atoms with Crippen LogP contribution in [0.3, 0.4) is 0 Å². The number of sulfone groups is 1. The molecule has 1 aliphatic heterocycles. The Kier molecular flexibility index (Phi) is 5.74. The van der Waals surface area contributed by atoms with Gasteiger partial charge < -0.3 is 15.0 Å². The number of ether oxygens (including phenoxy) is 1. The molecule has 0 fully saturated rings. The summed E-state index contributed by atoms with van der Waals surface area (Å²) in [5.74, 6) is 0.274. The summed E-state index contributed by atoms with van der Waals surface area (Å²) in [4.78, 5) is 26.9. The van der Waals surface area contributed by atoms with Crippen LogP contribution in [-0.2, 0) is 33.3 Å². The van der Waals surface area contributed by atoms with E-state index < -0.39 is 15.4 Å². The fraction of sp³-hybridized carbons (Fsp3) is 0.474. The number of anilines is 2. The second kappa shape index (κ2) is 7.94. The zero-order valence-corrected chi connectivity index (χ0v) is 17.8. The topological polar surface area (TPSA) is 114 Å². The molecule has 1 amide bonds. The summed E-state index contributed by atoms with van der Waals surface area (Å²) < 4.78 is 28.1. The maximum absolute atomic E-state index is 12.3. The van der Waals surface area contributed by atoms with Gasteiger partial charge in [-0.05, 0) is 44.9 Å². The third kappa shape index (κ3) is 6.11. The number of pyridine rings is 1. The Morgan fingerprint density at radius 3 is 2.62 bits per heavy atom. The molecule has 0 bridgehead atoms. The summed E-state index contributed by atoms with van der Waals surface area (Å²) >= 11 is 0. The van der Waals surface area contributed by atoms with Crippen molar-refractivity contribution in [1.82, 2.24) is 19.9 Å². The number of rotatable bonds is 4. The Morgan fingerprint density at radius 1 is 1.24 bits per heavy atom. The highest BCUT2D eigenvalue weighted by atomic mass is 32.2. The zero-order chi connectivity index (χ0) is 21.2. The van der Waals surface area contributed by atoms with Gasteiger partial charge in [-0.15, -0.1) is 0 Å². The van der Waals surface area contributed by atoms with Crippen molar-refractivity contribution in [3.05, 3.63) is 41.5 Å². The minimum absolute atomic E-state index is 0.108. The van der Waals surface area contributed by atoms with Gasteiger partial charge in [0.2, 0.25) is 5.95 Å². The third-order valence-corrected chi connectivity index (χ3v) is 4.91. The van der Waals surface area contributed by atoms with Gasteiger partial charge >= 0.3 is 6.09 Å². The zero-order valence-electron chi connectivity index (χ0n) is 17.0. The van der Waals surface area contributed by atoms with Gasteiger partial charge in [-0.25, -0.2) is 23.2 Å². The quantitative estimate of drug-likeness (QED) is 0.804. The van der Waals surface area contributed by atoms with Crippen LogP contribution >= 0.6 is 0 Å². The van der Waals surface area contributed by atoms with Gasteiger partial charge in [0.05, 0.1) is 35.6 Å². The minimum Gasteiger partial charge on any atom is -0.444 e. The Hall–Kier alpha value is -2.75. The predicted molar refractivity (Wildman–Crippen MR) is 108 cm³/mol. The van der Waals surface area contributed by atoms with Gasteiger partial charge in [0.25, 0.3) is 0 Å². The number of carbonyl (C=O) groups is 1. The van der Waals surface area contributed by atoms with Crippen LogP contribution in [0.4, 0.5) is 16.4 Å². The monoisotopic (exact) mass is 419 g/mol. The molecule has 0 radical (unpaired) electrons. The van der Waals surface area contributed by atoms with Crippen LogP contribution in [-0.4, -0.2) is 52.8 Å². The lowest BCUT2D eigenvalue weighted by atomic mass is 10.1. The molecule has 1 aliphatic rings. The lowest BCUT2D eigenvalue weighted by Gasteiger charge is -2.30. The smallest absolute Gasteiger partial charge is 0.410 e. The molecule has 0 atom stereocenters. The molecule has 29 heavy (non-hydrogen) atoms. The van der Waals surface area contributed by atoms with E-state index in [4.69, 9.17) is 4.74 Å². The molecule has 0 saturated carbocycles. The van der Waals surface area contributed by atoms with Crippen molar-refractivity contribution in [2.45, 2.75) is 45.1 Å². The van der Waals surface area contributed by atoms with Gasteiger partial charge in [-0.1, -0.05) is 0 Å². The number of aromatic nitrogens is 3. The predicted octanol–water partition coefficient (Wildman–Crippen LogP) is 2.45. The Bertz CT molecular complexity index is 1000. The van der Waals surface area contributed by atoms with E-state index in [9.17, 15) is 13.2 Å². The van der Waals surface area contributed by atoms with E-state index in [0.717, 1.165) is 11.3 Å². The standard InChI is InChI=1S/C19H25N5O4S/c1-19(2,3)28-18(25)24-8-7-13-9-21-17(23-16(13)11-24)22-14-5-6-15(20-10-14)12-29(4,26)27/h5-6,9-10H,7-8,11-12H2,1-4H3,(H,21,22,23). The first kappa shape index (κ1) is 21.0. The largest absolute Gasteiger partial charge is 0.444 e. The van der Waals surface area contributed by atoms with Gasteiger partial charge in [-0.2, -0.15) is 0 Å². The summed E-state index contributed by atoms with van der Waals surface area (Å²) in [6.07, 6.45) is 4.76. The average Bonchev–Trinajstić information content (AvgIpc) is 2.60. The molecule has 0 saturated heterocycles. The first-order chi connectivity index (χ1) is 13.5. The first-order valence-corrected chi connectivity index (χ1v) is 11.3. The molecule has 0 unspecified atom stereocenters. The lowest BCUT2D eigenvalue weighted by Crippen LogP contribution is -2.40. The molecule has 2 aromatic heterocycles. The molecule has 156 valence electrons. The van der Waals surface area contributed by atoms with Crippen LogP contribution in [0.5, 0.6) is 0 Å². The maximum Gasteiger partial charge on any atom is 0.410 e. The van der Waals surface area contributed by atoms with Crippen molar-refractivity contribution in [3.63, 3.8) is 0 Å². The van der Waals surface area contributed by atoms with Gasteiger partial charge in [-0.3, -0.25) is 4.98 Å². The number of fused-ring (bicyclic) bond motifs is 1. The summed E-state index contributed by atoms with van der Waals surface area (Å²) in [7, 11) is -3.13. The summed E-state index contributed by atoms with van der Waals surface area (Å²) in [6, 6.07) is 3.37. The summed E-state index contributed by atoms with van der Waals surface area (Å²) in [5.41, 5.74) is 2.32. The fourth-order valence-corrected chi connectivity index (χ4v) is 3.54. The summed E-state index contributed by atoms with van der Waals surface area (Å²) in [5, 5.41) is 3.06. The normalized spacial score (nSPS) is 14.3. The highest BCUT2D eigenvalue weighted by Gasteiger charge is 2.26. The number of nitrogens with one attached hydrogen (secondary N) is 1. The Balaban J connectivity index is 1.69. The highest BCUT2D eigenvalue weighted by Crippen LogP contribution is 2.21. The van der Waals surface area contributed by atoms with Gasteiger partial charge in [0.1, 0.15) is 5.60 Å². The van der Waals surface area contributed by atoms with Crippen molar-refractivity contribution < 1.29 is 17.9 Å². The van der Waals surface area contributed by atoms with E-state index in [1.54, 1.807) is 23.2 Å². The SMILES string of the molecule is CC(C)(C)OC(=O)N1CCc2cnc(Nc3ccc(CS(C)(=O)=O)nc3)nc2C1. The third-order valence-electron chi connectivity index (χ3n) is 4.09. The molecule has 2 aromatic rings. The van der Waals surface area contributed by atoms with E-state index in [-0.39, 0.29) is 11.8 Å². The van der Waals surface area contributed by atoms with E-state index in [0.29, 0.717) is 36.8 Å². The molecule has 9 nitrogen and oxygen atoms in total. The fourth-order valence-electron chi connectivity index (χ4n) is 2.83. The average molecular weight is 420 g/mol. The summed E-state index contributed by atoms with van der Waals surface area (Å²) in [6.45, 7) is 6.42. The number of amides is 1. The lowest BCUT2D eigenvalue weighted by molar-refractivity contribution is 0.0220. The molecule has 0 aliphatic carbocycles. The molecular formula is C19H25N5O4S. The van der Waals surface area contributed by atoms with Crippen LogP contribution in [0.15, 0.2) is 24.5 Å². The number of nitrogens with zero attached hydrogens (tertiary/aromatic N) is 4. The van der Waals surface area contributed by atoms with E-state index in [2.05, 4.69) is 20.3 Å². The van der Waals surface area contributed by atoms with Crippen molar-refractivity contribution in [3.8, 4) is 0 Å². The maximum atomic E-state index is 12.3. The van der Waals surface area contributed by atoms with Crippen molar-refractivity contribution >= 4 is 27.6 Å². The Labute approximate surface area is 170 Å². The van der Waals surface area contributed by atoms with E-state index >= 15 is 0 Å². The molecular weight excluding hydrogens is 394 g/mol. The molecule has 3 heterocycles. The number of carbonyl (C=O) groups excluding carboxylic acids is 1. The van der Waals surface area contributed by atoms with Crippen LogP contribution in [0.1, 0.15) is 37.7 Å². The van der Waals surface area contributed by atoms with Crippen molar-refractivity contribution in [2.75, 3.05) is 18.1 Å². The highest BCUT2D eigenvalue weighted by molar-refractivity contribution is 7.89. The van der Waals surface area contributed by atoms with E-state index in [1.807, 2.05) is 20.8 Å².